The van der Waals surface area contributed by atoms with Crippen LogP contribution in [0.3, 0.4) is 0 Å². The van der Waals surface area contributed by atoms with Gasteiger partial charge < -0.3 is 5.73 Å². The second kappa shape index (κ2) is 6.91. The van der Waals surface area contributed by atoms with Crippen molar-refractivity contribution >= 4 is 0 Å². The van der Waals surface area contributed by atoms with Crippen LogP contribution < -0.4 is 5.73 Å². The Kier molecular flexibility index (Phi) is 5.19. The third kappa shape index (κ3) is 4.44. The Morgan fingerprint density at radius 3 is 2.05 bits per heavy atom. The van der Waals surface area contributed by atoms with Gasteiger partial charge in [0.05, 0.1) is 0 Å². The van der Waals surface area contributed by atoms with E-state index in [1.54, 1.807) is 0 Å². The molecule has 1 heteroatoms. The second-order valence-corrected chi connectivity index (χ2v) is 6.83. The van der Waals surface area contributed by atoms with E-state index < -0.39 is 0 Å². The van der Waals surface area contributed by atoms with Crippen LogP contribution >= 0.6 is 0 Å². The molecule has 0 radical (unpaired) electrons. The fourth-order valence-electron chi connectivity index (χ4n) is 2.66. The lowest BCUT2D eigenvalue weighted by Crippen LogP contribution is -2.15. The van der Waals surface area contributed by atoms with E-state index in [0.717, 1.165) is 12.8 Å². The first-order chi connectivity index (χ1) is 10.0. The fourth-order valence-corrected chi connectivity index (χ4v) is 2.66. The normalized spacial score (nSPS) is 13.1. The Bertz CT molecular complexity index is 534. The smallest absolute Gasteiger partial charge is 0.000812 e. The van der Waals surface area contributed by atoms with Gasteiger partial charge >= 0.3 is 0 Å². The highest BCUT2D eigenvalue weighted by Gasteiger charge is 2.15. The molecule has 1 atom stereocenters. The molecule has 21 heavy (non-hydrogen) atoms. The van der Waals surface area contributed by atoms with Crippen molar-refractivity contribution in [3.8, 4) is 0 Å². The molecule has 0 saturated carbocycles. The summed E-state index contributed by atoms with van der Waals surface area (Å²) in [5, 5.41) is 0. The topological polar surface area (TPSA) is 26.0 Å². The molecule has 0 amide bonds. The summed E-state index contributed by atoms with van der Waals surface area (Å²) in [6.07, 6.45) is 2.19. The second-order valence-electron chi connectivity index (χ2n) is 6.83. The van der Waals surface area contributed by atoms with Crippen LogP contribution in [0.2, 0.25) is 0 Å². The van der Waals surface area contributed by atoms with Gasteiger partial charge in [0.1, 0.15) is 0 Å². The van der Waals surface area contributed by atoms with Gasteiger partial charge in [-0.05, 0) is 47.4 Å². The Hall–Kier alpha value is -1.60. The van der Waals surface area contributed by atoms with Crippen LogP contribution in [0.1, 0.15) is 49.8 Å². The van der Waals surface area contributed by atoms with Crippen LogP contribution in [0.15, 0.2) is 54.6 Å². The van der Waals surface area contributed by atoms with E-state index in [-0.39, 0.29) is 5.41 Å². The van der Waals surface area contributed by atoms with Crippen molar-refractivity contribution < 1.29 is 0 Å². The molecular formula is C20H27N. The summed E-state index contributed by atoms with van der Waals surface area (Å²) < 4.78 is 0. The monoisotopic (exact) mass is 281 g/mol. The highest BCUT2D eigenvalue weighted by Crippen LogP contribution is 2.26. The van der Waals surface area contributed by atoms with E-state index in [1.807, 2.05) is 0 Å². The molecule has 1 nitrogen and oxygen atoms in total. The average Bonchev–Trinajstić information content (AvgIpc) is 2.48. The fraction of sp³-hybridized carbons (Fsp3) is 0.400. The van der Waals surface area contributed by atoms with Crippen LogP contribution in [-0.4, -0.2) is 6.54 Å². The maximum absolute atomic E-state index is 5.99. The van der Waals surface area contributed by atoms with Gasteiger partial charge in [0.25, 0.3) is 0 Å². The molecule has 0 saturated heterocycles. The van der Waals surface area contributed by atoms with Gasteiger partial charge in [0.2, 0.25) is 0 Å². The summed E-state index contributed by atoms with van der Waals surface area (Å²) in [5.41, 5.74) is 10.3. The van der Waals surface area contributed by atoms with Crippen molar-refractivity contribution in [1.29, 1.82) is 0 Å². The Labute approximate surface area is 129 Å². The van der Waals surface area contributed by atoms with Gasteiger partial charge in [-0.25, -0.2) is 0 Å². The maximum atomic E-state index is 5.99. The van der Waals surface area contributed by atoms with Gasteiger partial charge in [-0.15, -0.1) is 0 Å². The zero-order valence-electron chi connectivity index (χ0n) is 13.5. The first-order valence-corrected chi connectivity index (χ1v) is 7.85. The zero-order chi connectivity index (χ0) is 15.3. The van der Waals surface area contributed by atoms with Gasteiger partial charge in [-0.3, -0.25) is 0 Å². The summed E-state index contributed by atoms with van der Waals surface area (Å²) in [6.45, 7) is 7.45. The Balaban J connectivity index is 2.04. The van der Waals surface area contributed by atoms with Crippen molar-refractivity contribution in [2.75, 3.05) is 6.54 Å². The van der Waals surface area contributed by atoms with Gasteiger partial charge in [-0.1, -0.05) is 75.4 Å². The number of hydrogen-bond acceptors (Lipinski definition) is 1. The molecule has 0 aromatic heterocycles. The van der Waals surface area contributed by atoms with Crippen molar-refractivity contribution in [3.63, 3.8) is 0 Å². The van der Waals surface area contributed by atoms with Crippen LogP contribution in [-0.2, 0) is 11.8 Å². The van der Waals surface area contributed by atoms with Crippen molar-refractivity contribution in [2.24, 2.45) is 5.73 Å². The molecule has 2 aromatic rings. The zero-order valence-corrected chi connectivity index (χ0v) is 13.5. The maximum Gasteiger partial charge on any atom is -0.000812 e. The van der Waals surface area contributed by atoms with E-state index >= 15 is 0 Å². The third-order valence-corrected chi connectivity index (χ3v) is 4.16. The van der Waals surface area contributed by atoms with E-state index in [2.05, 4.69) is 75.4 Å². The minimum atomic E-state index is 0.209. The number of nitrogens with two attached hydrogens (primary N) is 1. The molecule has 0 bridgehead atoms. The van der Waals surface area contributed by atoms with E-state index in [9.17, 15) is 0 Å². The predicted molar refractivity (Wildman–Crippen MR) is 91.7 cm³/mol. The molecule has 0 fully saturated rings. The summed E-state index contributed by atoms with van der Waals surface area (Å²) in [6, 6.07) is 19.7. The molecule has 2 N–H and O–H groups in total. The number of rotatable bonds is 5. The quantitative estimate of drug-likeness (QED) is 0.847. The predicted octanol–water partition coefficient (Wildman–Crippen LogP) is 4.66. The Morgan fingerprint density at radius 1 is 0.905 bits per heavy atom. The molecule has 0 aliphatic rings. The molecule has 112 valence electrons. The lowest BCUT2D eigenvalue weighted by Gasteiger charge is -2.21. The number of aryl methyl sites for hydroxylation is 1. The molecule has 0 aliphatic carbocycles. The van der Waals surface area contributed by atoms with Crippen LogP contribution in [0.4, 0.5) is 0 Å². The first-order valence-electron chi connectivity index (χ1n) is 7.85. The molecule has 0 heterocycles. The minimum Gasteiger partial charge on any atom is -0.330 e. The van der Waals surface area contributed by atoms with Crippen molar-refractivity contribution in [2.45, 2.75) is 44.9 Å². The molecular weight excluding hydrogens is 254 g/mol. The van der Waals surface area contributed by atoms with Crippen molar-refractivity contribution in [3.05, 3.63) is 71.3 Å². The summed E-state index contributed by atoms with van der Waals surface area (Å²) in [5.74, 6) is 0.444. The highest BCUT2D eigenvalue weighted by molar-refractivity contribution is 5.30. The van der Waals surface area contributed by atoms with E-state index in [1.165, 1.54) is 16.7 Å². The molecule has 0 spiro atoms. The molecule has 0 aliphatic heterocycles. The number of benzene rings is 2. The van der Waals surface area contributed by atoms with Crippen molar-refractivity contribution in [1.82, 2.24) is 0 Å². The minimum absolute atomic E-state index is 0.209. The number of hydrogen-bond donors (Lipinski definition) is 1. The van der Waals surface area contributed by atoms with Crippen LogP contribution in [0.5, 0.6) is 0 Å². The van der Waals surface area contributed by atoms with Gasteiger partial charge in [0, 0.05) is 0 Å². The summed E-state index contributed by atoms with van der Waals surface area (Å²) in [7, 11) is 0. The van der Waals surface area contributed by atoms with Crippen LogP contribution in [0, 0.1) is 0 Å². The van der Waals surface area contributed by atoms with Crippen LogP contribution in [0.25, 0.3) is 0 Å². The SMILES string of the molecule is CC(C)(C)c1ccc(C(CN)CCc2ccccc2)cc1. The lowest BCUT2D eigenvalue weighted by molar-refractivity contribution is 0.587. The van der Waals surface area contributed by atoms with E-state index in [4.69, 9.17) is 5.73 Å². The summed E-state index contributed by atoms with van der Waals surface area (Å²) in [4.78, 5) is 0. The summed E-state index contributed by atoms with van der Waals surface area (Å²) >= 11 is 0. The molecule has 1 unspecified atom stereocenters. The van der Waals surface area contributed by atoms with Gasteiger partial charge in [0.15, 0.2) is 0 Å². The molecule has 2 rings (SSSR count). The highest BCUT2D eigenvalue weighted by atomic mass is 14.5. The first kappa shape index (κ1) is 15.8. The lowest BCUT2D eigenvalue weighted by atomic mass is 9.85. The van der Waals surface area contributed by atoms with E-state index in [0.29, 0.717) is 12.5 Å². The third-order valence-electron chi connectivity index (χ3n) is 4.16. The standard InChI is InChI=1S/C20H27N/c1-20(2,3)19-13-11-17(12-14-19)18(15-21)10-9-16-7-5-4-6-8-16/h4-8,11-14,18H,9-10,15,21H2,1-3H3. The van der Waals surface area contributed by atoms with Gasteiger partial charge in [-0.2, -0.15) is 0 Å². The largest absolute Gasteiger partial charge is 0.330 e. The Morgan fingerprint density at radius 2 is 1.52 bits per heavy atom. The average molecular weight is 281 g/mol. The molecule has 2 aromatic carbocycles.